The van der Waals surface area contributed by atoms with Crippen molar-refractivity contribution in [3.8, 4) is 5.75 Å². The first-order chi connectivity index (χ1) is 19.3. The molecule has 0 unspecified atom stereocenters. The molecular formula is C31H38ClN3O5S. The highest BCUT2D eigenvalue weighted by Crippen LogP contribution is 2.24. The fraction of sp³-hybridized carbons (Fsp3) is 0.355. The first-order valence-electron chi connectivity index (χ1n) is 13.4. The van der Waals surface area contributed by atoms with Gasteiger partial charge in [0, 0.05) is 17.1 Å². The van der Waals surface area contributed by atoms with E-state index in [1.807, 2.05) is 58.0 Å². The number of nitrogens with zero attached hydrogens (tertiary/aromatic N) is 2. The van der Waals surface area contributed by atoms with E-state index >= 15 is 0 Å². The van der Waals surface area contributed by atoms with Gasteiger partial charge >= 0.3 is 0 Å². The number of hydrogen-bond acceptors (Lipinski definition) is 5. The van der Waals surface area contributed by atoms with E-state index in [4.69, 9.17) is 16.3 Å². The van der Waals surface area contributed by atoms with Crippen molar-refractivity contribution >= 4 is 39.1 Å². The van der Waals surface area contributed by atoms with Crippen molar-refractivity contribution in [3.05, 3.63) is 95.0 Å². The van der Waals surface area contributed by atoms with Crippen LogP contribution in [0.1, 0.15) is 45.2 Å². The summed E-state index contributed by atoms with van der Waals surface area (Å²) in [6, 6.07) is 22.4. The first-order valence-corrected chi connectivity index (χ1v) is 15.6. The van der Waals surface area contributed by atoms with Gasteiger partial charge in [0.2, 0.25) is 21.8 Å². The molecule has 10 heteroatoms. The Hall–Kier alpha value is -3.56. The molecule has 0 aliphatic carbocycles. The van der Waals surface area contributed by atoms with Gasteiger partial charge in [-0.05, 0) is 74.7 Å². The predicted molar refractivity (Wildman–Crippen MR) is 163 cm³/mol. The second kappa shape index (κ2) is 13.9. The zero-order valence-electron chi connectivity index (χ0n) is 24.1. The summed E-state index contributed by atoms with van der Waals surface area (Å²) in [7, 11) is -3.85. The topological polar surface area (TPSA) is 96.0 Å². The number of anilines is 1. The van der Waals surface area contributed by atoms with E-state index in [1.165, 1.54) is 4.90 Å². The van der Waals surface area contributed by atoms with Crippen molar-refractivity contribution in [2.24, 2.45) is 0 Å². The van der Waals surface area contributed by atoms with Crippen LogP contribution in [-0.4, -0.2) is 49.5 Å². The lowest BCUT2D eigenvalue weighted by atomic mass is 10.1. The summed E-state index contributed by atoms with van der Waals surface area (Å²) >= 11 is 6.05. The fourth-order valence-corrected chi connectivity index (χ4v) is 5.20. The number of carbonyl (C=O) groups excluding carboxylic acids is 2. The summed E-state index contributed by atoms with van der Waals surface area (Å²) in [6.07, 6.45) is 1.39. The van der Waals surface area contributed by atoms with Gasteiger partial charge in [-0.3, -0.25) is 13.9 Å². The molecule has 8 nitrogen and oxygen atoms in total. The highest BCUT2D eigenvalue weighted by molar-refractivity contribution is 7.92. The zero-order chi connectivity index (χ0) is 30.2. The van der Waals surface area contributed by atoms with Gasteiger partial charge in [-0.2, -0.15) is 0 Å². The molecule has 0 heterocycles. The monoisotopic (exact) mass is 599 g/mol. The first kappa shape index (κ1) is 32.0. The molecule has 1 atom stereocenters. The number of amides is 2. The molecule has 0 saturated carbocycles. The largest absolute Gasteiger partial charge is 0.489 e. The molecule has 220 valence electrons. The standard InChI is InChI=1S/C31H38ClN3O5S/c1-6-28(30(37)33-31(2,3)4)34(20-23-12-14-25(32)15-13-23)29(36)21-35(41(5,38)39)26-16-18-27(19-17-26)40-22-24-10-8-7-9-11-24/h7-19,28H,6,20-22H2,1-5H3,(H,33,37)/t28-/m1/s1. The van der Waals surface area contributed by atoms with E-state index < -0.39 is 34.1 Å². The van der Waals surface area contributed by atoms with Gasteiger partial charge in [-0.15, -0.1) is 0 Å². The number of ether oxygens (including phenoxy) is 1. The number of nitrogens with one attached hydrogen (secondary N) is 1. The Bertz CT molecular complexity index is 1410. The molecule has 0 aliphatic rings. The molecule has 3 aromatic rings. The molecule has 0 bridgehead atoms. The summed E-state index contributed by atoms with van der Waals surface area (Å²) in [5.41, 5.74) is 1.56. The third-order valence-corrected chi connectivity index (χ3v) is 7.60. The highest BCUT2D eigenvalue weighted by atomic mass is 35.5. The summed E-state index contributed by atoms with van der Waals surface area (Å²) < 4.78 is 32.6. The van der Waals surface area contributed by atoms with Crippen molar-refractivity contribution in [3.63, 3.8) is 0 Å². The van der Waals surface area contributed by atoms with Crippen LogP contribution in [0.15, 0.2) is 78.9 Å². The molecular weight excluding hydrogens is 562 g/mol. The van der Waals surface area contributed by atoms with E-state index in [0.29, 0.717) is 29.5 Å². The van der Waals surface area contributed by atoms with Crippen LogP contribution in [0.5, 0.6) is 5.75 Å². The van der Waals surface area contributed by atoms with Gasteiger partial charge in [0.05, 0.1) is 11.9 Å². The minimum Gasteiger partial charge on any atom is -0.489 e. The maximum absolute atomic E-state index is 13.8. The molecule has 2 amide bonds. The van der Waals surface area contributed by atoms with E-state index in [1.54, 1.807) is 48.5 Å². The Morgan fingerprint density at radius 3 is 2.07 bits per heavy atom. The summed E-state index contributed by atoms with van der Waals surface area (Å²) in [5, 5.41) is 3.49. The van der Waals surface area contributed by atoms with Gasteiger partial charge in [0.15, 0.2) is 0 Å². The molecule has 0 saturated heterocycles. The third-order valence-electron chi connectivity index (χ3n) is 6.20. The van der Waals surface area contributed by atoms with Gasteiger partial charge in [0.25, 0.3) is 0 Å². The number of rotatable bonds is 12. The third kappa shape index (κ3) is 9.79. The molecule has 0 fully saturated rings. The maximum atomic E-state index is 13.8. The van der Waals surface area contributed by atoms with Crippen molar-refractivity contribution in [1.82, 2.24) is 10.2 Å². The number of hydrogen-bond donors (Lipinski definition) is 1. The van der Waals surface area contributed by atoms with Crippen molar-refractivity contribution in [2.45, 2.75) is 58.8 Å². The number of benzene rings is 3. The van der Waals surface area contributed by atoms with Crippen LogP contribution in [0.2, 0.25) is 5.02 Å². The van der Waals surface area contributed by atoms with E-state index in [9.17, 15) is 18.0 Å². The van der Waals surface area contributed by atoms with Crippen LogP contribution in [-0.2, 0) is 32.8 Å². The normalized spacial score (nSPS) is 12.3. The van der Waals surface area contributed by atoms with Gasteiger partial charge in [-0.25, -0.2) is 8.42 Å². The highest BCUT2D eigenvalue weighted by Gasteiger charge is 2.33. The lowest BCUT2D eigenvalue weighted by molar-refractivity contribution is -0.141. The Balaban J connectivity index is 1.86. The molecule has 0 radical (unpaired) electrons. The average molecular weight is 600 g/mol. The van der Waals surface area contributed by atoms with Crippen LogP contribution in [0.3, 0.4) is 0 Å². The smallest absolute Gasteiger partial charge is 0.244 e. The molecule has 0 aliphatic heterocycles. The van der Waals surface area contributed by atoms with E-state index in [2.05, 4.69) is 5.32 Å². The van der Waals surface area contributed by atoms with Crippen molar-refractivity contribution in [2.75, 3.05) is 17.1 Å². The molecule has 0 spiro atoms. The Kier molecular flexibility index (Phi) is 10.8. The molecule has 1 N–H and O–H groups in total. The average Bonchev–Trinajstić information content (AvgIpc) is 2.91. The number of carbonyl (C=O) groups is 2. The molecule has 3 aromatic carbocycles. The maximum Gasteiger partial charge on any atom is 0.244 e. The SMILES string of the molecule is CC[C@H](C(=O)NC(C)(C)C)N(Cc1ccc(Cl)cc1)C(=O)CN(c1ccc(OCc2ccccc2)cc1)S(C)(=O)=O. The second-order valence-electron chi connectivity index (χ2n) is 10.8. The number of sulfonamides is 1. The van der Waals surface area contributed by atoms with Crippen LogP contribution in [0, 0.1) is 0 Å². The summed E-state index contributed by atoms with van der Waals surface area (Å²) in [6.45, 7) is 7.40. The molecule has 3 rings (SSSR count). The molecule has 41 heavy (non-hydrogen) atoms. The van der Waals surface area contributed by atoms with Gasteiger partial charge in [0.1, 0.15) is 24.9 Å². The predicted octanol–water partition coefficient (Wildman–Crippen LogP) is 5.41. The van der Waals surface area contributed by atoms with Crippen LogP contribution >= 0.6 is 11.6 Å². The quantitative estimate of drug-likeness (QED) is 0.300. The zero-order valence-corrected chi connectivity index (χ0v) is 25.7. The van der Waals surface area contributed by atoms with Crippen molar-refractivity contribution < 1.29 is 22.7 Å². The minimum atomic E-state index is -3.85. The van der Waals surface area contributed by atoms with Gasteiger partial charge in [-0.1, -0.05) is 61.0 Å². The van der Waals surface area contributed by atoms with Crippen LogP contribution < -0.4 is 14.4 Å². The Morgan fingerprint density at radius 1 is 0.927 bits per heavy atom. The minimum absolute atomic E-state index is 0.107. The van der Waals surface area contributed by atoms with Gasteiger partial charge < -0.3 is 15.0 Å². The Morgan fingerprint density at radius 2 is 1.54 bits per heavy atom. The molecule has 0 aromatic heterocycles. The van der Waals surface area contributed by atoms with Crippen molar-refractivity contribution in [1.29, 1.82) is 0 Å². The fourth-order valence-electron chi connectivity index (χ4n) is 4.22. The lowest BCUT2D eigenvalue weighted by Gasteiger charge is -2.34. The lowest BCUT2D eigenvalue weighted by Crippen LogP contribution is -2.55. The van der Waals surface area contributed by atoms with E-state index in [-0.39, 0.29) is 12.5 Å². The van der Waals surface area contributed by atoms with Crippen LogP contribution in [0.25, 0.3) is 0 Å². The van der Waals surface area contributed by atoms with E-state index in [0.717, 1.165) is 21.7 Å². The second-order valence-corrected chi connectivity index (χ2v) is 13.2. The summed E-state index contributed by atoms with van der Waals surface area (Å²) in [4.78, 5) is 28.5. The Labute approximate surface area is 248 Å². The van der Waals surface area contributed by atoms with Crippen LogP contribution in [0.4, 0.5) is 5.69 Å². The summed E-state index contributed by atoms with van der Waals surface area (Å²) in [5.74, 6) is -0.259. The number of halogens is 1.